The van der Waals surface area contributed by atoms with Gasteiger partial charge in [-0.3, -0.25) is 4.79 Å². The molecule has 1 aromatic carbocycles. The van der Waals surface area contributed by atoms with E-state index in [-0.39, 0.29) is 37.3 Å². The quantitative estimate of drug-likeness (QED) is 0.462. The van der Waals surface area contributed by atoms with Crippen molar-refractivity contribution in [2.75, 3.05) is 21.0 Å². The van der Waals surface area contributed by atoms with Gasteiger partial charge < -0.3 is 18.9 Å². The third-order valence-corrected chi connectivity index (χ3v) is 3.90. The number of ether oxygens (including phenoxy) is 4. The molecule has 0 heterocycles. The lowest BCUT2D eigenvalue weighted by Crippen LogP contribution is -2.35. The number of esters is 1. The zero-order valence-electron chi connectivity index (χ0n) is 14.5. The molecule has 130 valence electrons. The summed E-state index contributed by atoms with van der Waals surface area (Å²) in [7, 11) is 2.98. The van der Waals surface area contributed by atoms with Crippen LogP contribution in [0.25, 0.3) is 0 Å². The van der Waals surface area contributed by atoms with Crippen LogP contribution in [0, 0.1) is 5.92 Å². The van der Waals surface area contributed by atoms with E-state index in [0.717, 1.165) is 12.0 Å². The molecule has 0 spiro atoms. The molecule has 0 unspecified atom stereocenters. The predicted molar refractivity (Wildman–Crippen MR) is 87.9 cm³/mol. The van der Waals surface area contributed by atoms with Crippen LogP contribution < -0.4 is 0 Å². The summed E-state index contributed by atoms with van der Waals surface area (Å²) in [6, 6.07) is 9.90. The third kappa shape index (κ3) is 7.12. The largest absolute Gasteiger partial charge is 0.469 e. The molecular weight excluding hydrogens is 296 g/mol. The molecule has 0 amide bonds. The van der Waals surface area contributed by atoms with Crippen LogP contribution in [-0.2, 0) is 30.3 Å². The second kappa shape index (κ2) is 11.2. The monoisotopic (exact) mass is 324 g/mol. The second-order valence-electron chi connectivity index (χ2n) is 5.47. The molecule has 23 heavy (non-hydrogen) atoms. The van der Waals surface area contributed by atoms with Crippen molar-refractivity contribution in [1.82, 2.24) is 0 Å². The molecule has 0 aliphatic rings. The van der Waals surface area contributed by atoms with Crippen LogP contribution in [0.5, 0.6) is 0 Å². The average Bonchev–Trinajstić information content (AvgIpc) is 2.58. The minimum atomic E-state index is -0.277. The number of methoxy groups -OCH3 is 2. The number of benzene rings is 1. The summed E-state index contributed by atoms with van der Waals surface area (Å²) in [5.74, 6) is -0.201. The van der Waals surface area contributed by atoms with Gasteiger partial charge in [0.15, 0.2) is 0 Å². The molecule has 0 N–H and O–H groups in total. The van der Waals surface area contributed by atoms with Crippen LogP contribution in [0.3, 0.4) is 0 Å². The van der Waals surface area contributed by atoms with Gasteiger partial charge in [-0.25, -0.2) is 0 Å². The molecule has 0 radical (unpaired) electrons. The number of carbonyl (C=O) groups excluding carboxylic acids is 1. The predicted octanol–water partition coefficient (Wildman–Crippen LogP) is 3.17. The fourth-order valence-corrected chi connectivity index (χ4v) is 2.56. The molecule has 3 atom stereocenters. The van der Waals surface area contributed by atoms with E-state index in [1.54, 1.807) is 7.11 Å². The van der Waals surface area contributed by atoms with E-state index in [4.69, 9.17) is 18.9 Å². The van der Waals surface area contributed by atoms with E-state index in [9.17, 15) is 4.79 Å². The normalized spacial score (nSPS) is 15.0. The number of rotatable bonds is 11. The first-order valence-electron chi connectivity index (χ1n) is 7.95. The first kappa shape index (κ1) is 19.6. The smallest absolute Gasteiger partial charge is 0.308 e. The lowest BCUT2D eigenvalue weighted by Gasteiger charge is -2.30. The van der Waals surface area contributed by atoms with Gasteiger partial charge in [0, 0.05) is 13.0 Å². The topological polar surface area (TPSA) is 54.0 Å². The summed E-state index contributed by atoms with van der Waals surface area (Å²) in [5.41, 5.74) is 1.07. The standard InChI is InChI=1S/C18H28O5/c1-5-16(14(2)23-13-20-3)17(11-18(19)21-4)22-12-15-9-7-6-8-10-15/h6-10,14,16-17H,5,11-13H2,1-4H3/t14-,16-,17-/m1/s1. The summed E-state index contributed by atoms with van der Waals surface area (Å²) in [5, 5.41) is 0. The Morgan fingerprint density at radius 1 is 1.13 bits per heavy atom. The highest BCUT2D eigenvalue weighted by Gasteiger charge is 2.29. The molecule has 0 saturated heterocycles. The van der Waals surface area contributed by atoms with Gasteiger partial charge in [0.25, 0.3) is 0 Å². The number of carbonyl (C=O) groups is 1. The first-order valence-corrected chi connectivity index (χ1v) is 7.95. The van der Waals surface area contributed by atoms with E-state index in [2.05, 4.69) is 6.92 Å². The Morgan fingerprint density at radius 2 is 1.83 bits per heavy atom. The Balaban J connectivity index is 2.73. The molecule has 0 fully saturated rings. The Labute approximate surface area is 138 Å². The van der Waals surface area contributed by atoms with Crippen molar-refractivity contribution < 1.29 is 23.7 Å². The van der Waals surface area contributed by atoms with Gasteiger partial charge in [0.05, 0.1) is 32.3 Å². The van der Waals surface area contributed by atoms with E-state index >= 15 is 0 Å². The van der Waals surface area contributed by atoms with Crippen LogP contribution in [0.1, 0.15) is 32.3 Å². The Morgan fingerprint density at radius 3 is 2.39 bits per heavy atom. The Hall–Kier alpha value is -1.43. The van der Waals surface area contributed by atoms with Crippen molar-refractivity contribution in [2.24, 2.45) is 5.92 Å². The van der Waals surface area contributed by atoms with Gasteiger partial charge in [0.1, 0.15) is 6.79 Å². The van der Waals surface area contributed by atoms with Crippen LogP contribution in [0.4, 0.5) is 0 Å². The zero-order chi connectivity index (χ0) is 17.1. The van der Waals surface area contributed by atoms with Gasteiger partial charge in [-0.1, -0.05) is 37.3 Å². The van der Waals surface area contributed by atoms with Crippen molar-refractivity contribution in [3.8, 4) is 0 Å². The third-order valence-electron chi connectivity index (χ3n) is 3.90. The van der Waals surface area contributed by atoms with Crippen LogP contribution >= 0.6 is 0 Å². The van der Waals surface area contributed by atoms with Crippen molar-refractivity contribution in [1.29, 1.82) is 0 Å². The molecule has 0 bridgehead atoms. The summed E-state index contributed by atoms with van der Waals surface area (Å²) < 4.78 is 21.4. The molecule has 1 aromatic rings. The van der Waals surface area contributed by atoms with Crippen molar-refractivity contribution in [3.05, 3.63) is 35.9 Å². The molecule has 5 nitrogen and oxygen atoms in total. The number of hydrogen-bond donors (Lipinski definition) is 0. The van der Waals surface area contributed by atoms with Gasteiger partial charge in [0.2, 0.25) is 0 Å². The van der Waals surface area contributed by atoms with Crippen molar-refractivity contribution in [3.63, 3.8) is 0 Å². The van der Waals surface area contributed by atoms with Crippen LogP contribution in [0.15, 0.2) is 30.3 Å². The molecule has 1 rings (SSSR count). The minimum Gasteiger partial charge on any atom is -0.469 e. The maximum absolute atomic E-state index is 11.7. The summed E-state index contributed by atoms with van der Waals surface area (Å²) in [6.45, 7) is 4.72. The average molecular weight is 324 g/mol. The summed E-state index contributed by atoms with van der Waals surface area (Å²) in [6.07, 6.45) is 0.703. The van der Waals surface area contributed by atoms with Crippen molar-refractivity contribution >= 4 is 5.97 Å². The van der Waals surface area contributed by atoms with E-state index in [1.807, 2.05) is 37.3 Å². The maximum atomic E-state index is 11.7. The van der Waals surface area contributed by atoms with E-state index < -0.39 is 0 Å². The summed E-state index contributed by atoms with van der Waals surface area (Å²) in [4.78, 5) is 11.7. The molecule has 0 aliphatic carbocycles. The van der Waals surface area contributed by atoms with Crippen LogP contribution in [0.2, 0.25) is 0 Å². The van der Waals surface area contributed by atoms with Gasteiger partial charge >= 0.3 is 5.97 Å². The van der Waals surface area contributed by atoms with Gasteiger partial charge in [-0.05, 0) is 18.9 Å². The summed E-state index contributed by atoms with van der Waals surface area (Å²) >= 11 is 0. The van der Waals surface area contributed by atoms with Gasteiger partial charge in [-0.2, -0.15) is 0 Å². The Kier molecular flexibility index (Phi) is 9.52. The lowest BCUT2D eigenvalue weighted by molar-refractivity contribution is -0.150. The highest BCUT2D eigenvalue weighted by molar-refractivity contribution is 5.69. The SMILES string of the molecule is CC[C@H]([C@@H](C)OCOC)[C@@H](CC(=O)OC)OCc1ccccc1. The molecular formula is C18H28O5. The fraction of sp³-hybridized carbons (Fsp3) is 0.611. The highest BCUT2D eigenvalue weighted by atomic mass is 16.7. The maximum Gasteiger partial charge on any atom is 0.308 e. The van der Waals surface area contributed by atoms with Crippen molar-refractivity contribution in [2.45, 2.75) is 45.5 Å². The first-order chi connectivity index (χ1) is 11.1. The highest BCUT2D eigenvalue weighted by Crippen LogP contribution is 2.23. The fourth-order valence-electron chi connectivity index (χ4n) is 2.56. The Bertz CT molecular complexity index is 434. The van der Waals surface area contributed by atoms with Gasteiger partial charge in [-0.15, -0.1) is 0 Å². The molecule has 0 aromatic heterocycles. The second-order valence-corrected chi connectivity index (χ2v) is 5.47. The van der Waals surface area contributed by atoms with E-state index in [1.165, 1.54) is 7.11 Å². The van der Waals surface area contributed by atoms with Crippen LogP contribution in [-0.4, -0.2) is 39.2 Å². The number of hydrogen-bond acceptors (Lipinski definition) is 5. The molecule has 5 heteroatoms. The van der Waals surface area contributed by atoms with E-state index in [0.29, 0.717) is 6.61 Å². The molecule has 0 aliphatic heterocycles. The zero-order valence-corrected chi connectivity index (χ0v) is 14.5. The minimum absolute atomic E-state index is 0.0768. The lowest BCUT2D eigenvalue weighted by atomic mass is 9.91. The molecule has 0 saturated carbocycles.